The maximum Gasteiger partial charge on any atom is 0.289 e. The fraction of sp³-hybridized carbons (Fsp3) is 0.263. The lowest BCUT2D eigenvalue weighted by Gasteiger charge is -2.30. The highest BCUT2D eigenvalue weighted by Crippen LogP contribution is 2.36. The summed E-state index contributed by atoms with van der Waals surface area (Å²) in [6, 6.07) is 10.0. The van der Waals surface area contributed by atoms with E-state index < -0.39 is 0 Å². The first-order valence-electron chi connectivity index (χ1n) is 8.77. The zero-order chi connectivity index (χ0) is 19.7. The van der Waals surface area contributed by atoms with E-state index in [4.69, 9.17) is 4.42 Å². The van der Waals surface area contributed by atoms with E-state index in [0.29, 0.717) is 34.8 Å². The molecule has 28 heavy (non-hydrogen) atoms. The van der Waals surface area contributed by atoms with Gasteiger partial charge in [0.1, 0.15) is 0 Å². The summed E-state index contributed by atoms with van der Waals surface area (Å²) >= 11 is 4.73. The van der Waals surface area contributed by atoms with Gasteiger partial charge in [0.15, 0.2) is 10.4 Å². The molecule has 1 amide bonds. The van der Waals surface area contributed by atoms with Crippen molar-refractivity contribution in [2.45, 2.75) is 18.8 Å². The van der Waals surface area contributed by atoms with Gasteiger partial charge in [0, 0.05) is 30.5 Å². The number of piperidine rings is 1. The number of halogens is 1. The lowest BCUT2D eigenvalue weighted by atomic mass is 9.97. The van der Waals surface area contributed by atoms with Gasteiger partial charge >= 0.3 is 0 Å². The van der Waals surface area contributed by atoms with E-state index in [9.17, 15) is 14.9 Å². The molecule has 0 bridgehead atoms. The fourth-order valence-electron chi connectivity index (χ4n) is 3.36. The molecule has 1 fully saturated rings. The summed E-state index contributed by atoms with van der Waals surface area (Å²) in [7, 11) is 0. The molecule has 0 atom stereocenters. The predicted octanol–water partition coefficient (Wildman–Crippen LogP) is 5.09. The van der Waals surface area contributed by atoms with Crippen molar-refractivity contribution in [3.8, 4) is 11.3 Å². The van der Waals surface area contributed by atoms with Crippen LogP contribution in [0.4, 0.5) is 5.69 Å². The van der Waals surface area contributed by atoms with Crippen LogP contribution in [0.25, 0.3) is 11.3 Å². The molecule has 9 heteroatoms. The maximum atomic E-state index is 12.5. The average Bonchev–Trinajstić information content (AvgIpc) is 3.37. The van der Waals surface area contributed by atoms with E-state index in [1.54, 1.807) is 35.2 Å². The van der Waals surface area contributed by atoms with E-state index in [1.807, 2.05) is 5.38 Å². The number of nitro groups is 1. The van der Waals surface area contributed by atoms with E-state index in [2.05, 4.69) is 20.9 Å². The number of nitro benzene ring substituents is 1. The number of carbonyl (C=O) groups excluding carboxylic acids is 1. The average molecular weight is 462 g/mol. The summed E-state index contributed by atoms with van der Waals surface area (Å²) in [5.74, 6) is 0.469. The van der Waals surface area contributed by atoms with E-state index >= 15 is 0 Å². The number of hydrogen-bond acceptors (Lipinski definition) is 6. The molecule has 0 radical (unpaired) electrons. The van der Waals surface area contributed by atoms with Gasteiger partial charge in [-0.3, -0.25) is 14.9 Å². The second-order valence-electron chi connectivity index (χ2n) is 6.52. The molecule has 0 unspecified atom stereocenters. The monoisotopic (exact) mass is 461 g/mol. The highest BCUT2D eigenvalue weighted by atomic mass is 79.9. The Bertz CT molecular complexity index is 1020. The van der Waals surface area contributed by atoms with Gasteiger partial charge in [-0.05, 0) is 47.0 Å². The van der Waals surface area contributed by atoms with Gasteiger partial charge in [0.2, 0.25) is 0 Å². The van der Waals surface area contributed by atoms with Crippen LogP contribution < -0.4 is 0 Å². The van der Waals surface area contributed by atoms with Crippen LogP contribution in [0.3, 0.4) is 0 Å². The van der Waals surface area contributed by atoms with E-state index in [1.165, 1.54) is 17.4 Å². The number of nitrogens with zero attached hydrogens (tertiary/aromatic N) is 3. The van der Waals surface area contributed by atoms with Crippen molar-refractivity contribution < 1.29 is 14.1 Å². The summed E-state index contributed by atoms with van der Waals surface area (Å²) in [5, 5.41) is 14.1. The topological polar surface area (TPSA) is 89.5 Å². The van der Waals surface area contributed by atoms with Crippen molar-refractivity contribution >= 4 is 38.9 Å². The van der Waals surface area contributed by atoms with Crippen LogP contribution in [0.15, 0.2) is 50.9 Å². The van der Waals surface area contributed by atoms with Gasteiger partial charge in [0.25, 0.3) is 11.6 Å². The molecule has 1 saturated heterocycles. The van der Waals surface area contributed by atoms with Gasteiger partial charge in [0.05, 0.1) is 21.2 Å². The number of hydrogen-bond donors (Lipinski definition) is 0. The zero-order valence-corrected chi connectivity index (χ0v) is 17.1. The third kappa shape index (κ3) is 3.72. The Morgan fingerprint density at radius 3 is 2.68 bits per heavy atom. The Kier molecular flexibility index (Phi) is 5.27. The molecule has 2 aromatic heterocycles. The first kappa shape index (κ1) is 18.8. The van der Waals surface area contributed by atoms with Crippen molar-refractivity contribution in [2.24, 2.45) is 0 Å². The molecule has 3 heterocycles. The standard InChI is InChI=1S/C19H16BrN3O4S/c20-17-6-5-16(27-17)19(24)22-9-7-12(8-10-22)18-21-14(11-28-18)13-3-1-2-4-15(13)23(25)26/h1-6,11-12H,7-10H2. The summed E-state index contributed by atoms with van der Waals surface area (Å²) < 4.78 is 5.89. The minimum absolute atomic E-state index is 0.0596. The van der Waals surface area contributed by atoms with Crippen LogP contribution in [0, 0.1) is 10.1 Å². The van der Waals surface area contributed by atoms with Crippen LogP contribution in [0.1, 0.15) is 34.3 Å². The predicted molar refractivity (Wildman–Crippen MR) is 108 cm³/mol. The van der Waals surface area contributed by atoms with Gasteiger partial charge in [-0.1, -0.05) is 12.1 Å². The summed E-state index contributed by atoms with van der Waals surface area (Å²) in [5.41, 5.74) is 1.22. The van der Waals surface area contributed by atoms with Crippen LogP contribution in [0.2, 0.25) is 0 Å². The third-order valence-electron chi connectivity index (χ3n) is 4.81. The number of likely N-dealkylation sites (tertiary alicyclic amines) is 1. The maximum absolute atomic E-state index is 12.5. The molecule has 3 aromatic rings. The molecule has 4 rings (SSSR count). The Hall–Kier alpha value is -2.52. The second-order valence-corrected chi connectivity index (χ2v) is 8.19. The van der Waals surface area contributed by atoms with Gasteiger partial charge in [-0.25, -0.2) is 4.98 Å². The highest BCUT2D eigenvalue weighted by molar-refractivity contribution is 9.10. The summed E-state index contributed by atoms with van der Waals surface area (Å²) in [6.45, 7) is 1.25. The molecule has 0 aliphatic carbocycles. The molecule has 0 N–H and O–H groups in total. The molecule has 1 aliphatic heterocycles. The number of carbonyl (C=O) groups is 1. The molecule has 1 aromatic carbocycles. The first-order chi connectivity index (χ1) is 13.5. The number of thiazole rings is 1. The Balaban J connectivity index is 1.45. The van der Waals surface area contributed by atoms with E-state index in [-0.39, 0.29) is 22.4 Å². The minimum atomic E-state index is -0.383. The fourth-order valence-corrected chi connectivity index (χ4v) is 4.66. The largest absolute Gasteiger partial charge is 0.444 e. The minimum Gasteiger partial charge on any atom is -0.444 e. The quantitative estimate of drug-likeness (QED) is 0.398. The third-order valence-corrected chi connectivity index (χ3v) is 6.25. The van der Waals surface area contributed by atoms with Gasteiger partial charge in [-0.2, -0.15) is 0 Å². The van der Waals surface area contributed by atoms with Crippen molar-refractivity contribution in [2.75, 3.05) is 13.1 Å². The molecule has 144 valence electrons. The molecular weight excluding hydrogens is 446 g/mol. The number of aromatic nitrogens is 1. The van der Waals surface area contributed by atoms with Crippen LogP contribution in [-0.2, 0) is 0 Å². The number of furan rings is 1. The van der Waals surface area contributed by atoms with Crippen molar-refractivity contribution in [1.82, 2.24) is 9.88 Å². The summed E-state index contributed by atoms with van der Waals surface area (Å²) in [6.07, 6.45) is 1.61. The van der Waals surface area contributed by atoms with Crippen molar-refractivity contribution in [3.05, 3.63) is 67.3 Å². The second kappa shape index (κ2) is 7.84. The van der Waals surface area contributed by atoms with Gasteiger partial charge < -0.3 is 9.32 Å². The molecule has 1 aliphatic rings. The smallest absolute Gasteiger partial charge is 0.289 e. The molecular formula is C19H16BrN3O4S. The van der Waals surface area contributed by atoms with E-state index in [0.717, 1.165) is 17.8 Å². The molecule has 0 saturated carbocycles. The van der Waals surface area contributed by atoms with Gasteiger partial charge in [-0.15, -0.1) is 11.3 Å². The number of benzene rings is 1. The van der Waals surface area contributed by atoms with Crippen LogP contribution in [0.5, 0.6) is 0 Å². The number of para-hydroxylation sites is 1. The Morgan fingerprint density at radius 1 is 1.25 bits per heavy atom. The van der Waals surface area contributed by atoms with Crippen molar-refractivity contribution in [1.29, 1.82) is 0 Å². The molecule has 0 spiro atoms. The Morgan fingerprint density at radius 2 is 2.00 bits per heavy atom. The van der Waals surface area contributed by atoms with Crippen molar-refractivity contribution in [3.63, 3.8) is 0 Å². The van der Waals surface area contributed by atoms with Crippen LogP contribution in [-0.4, -0.2) is 33.8 Å². The SMILES string of the molecule is O=C(c1ccc(Br)o1)N1CCC(c2nc(-c3ccccc3[N+](=O)[O-])cs2)CC1. The number of amides is 1. The lowest BCUT2D eigenvalue weighted by Crippen LogP contribution is -2.37. The normalized spacial score (nSPS) is 15.0. The molecule has 7 nitrogen and oxygen atoms in total. The Labute approximate surface area is 173 Å². The first-order valence-corrected chi connectivity index (χ1v) is 10.4. The van der Waals surface area contributed by atoms with Crippen LogP contribution >= 0.6 is 27.3 Å². The number of rotatable bonds is 4. The lowest BCUT2D eigenvalue weighted by molar-refractivity contribution is -0.384. The highest BCUT2D eigenvalue weighted by Gasteiger charge is 2.28. The summed E-state index contributed by atoms with van der Waals surface area (Å²) in [4.78, 5) is 29.8. The zero-order valence-electron chi connectivity index (χ0n) is 14.7.